The van der Waals surface area contributed by atoms with Crippen LogP contribution in [0.3, 0.4) is 0 Å². The summed E-state index contributed by atoms with van der Waals surface area (Å²) in [6.07, 6.45) is -1.47. The number of anilines is 4. The number of halogens is 3. The monoisotopic (exact) mass is 469 g/mol. The molecule has 1 aliphatic heterocycles. The first-order valence-corrected chi connectivity index (χ1v) is 10.5. The number of nitrogens with zero attached hydrogens (tertiary/aromatic N) is 3. The van der Waals surface area contributed by atoms with Crippen LogP contribution in [0.15, 0.2) is 67.4 Å². The lowest BCUT2D eigenvalue weighted by Gasteiger charge is -2.18. The van der Waals surface area contributed by atoms with E-state index in [0.29, 0.717) is 53.8 Å². The molecular weight excluding hydrogens is 447 g/mol. The fraction of sp³-hybridized carbons (Fsp3) is 0.208. The van der Waals surface area contributed by atoms with Gasteiger partial charge in [0.2, 0.25) is 5.91 Å². The molecule has 176 valence electrons. The van der Waals surface area contributed by atoms with Gasteiger partial charge in [0.05, 0.1) is 11.7 Å². The van der Waals surface area contributed by atoms with Crippen molar-refractivity contribution >= 4 is 28.8 Å². The van der Waals surface area contributed by atoms with Gasteiger partial charge in [-0.05, 0) is 61.0 Å². The smallest absolute Gasteiger partial charge is 0.391 e. The summed E-state index contributed by atoms with van der Waals surface area (Å²) < 4.78 is 38.7. The lowest BCUT2D eigenvalue weighted by atomic mass is 10.1. The molecule has 1 aliphatic rings. The summed E-state index contributed by atoms with van der Waals surface area (Å²) in [5.41, 5.74) is 1.24. The zero-order chi connectivity index (χ0) is 24.3. The number of hydrogen-bond donors (Lipinski definition) is 3. The van der Waals surface area contributed by atoms with Crippen LogP contribution < -0.4 is 15.5 Å². The van der Waals surface area contributed by atoms with Crippen molar-refractivity contribution in [2.75, 3.05) is 28.6 Å². The molecule has 0 aliphatic carbocycles. The number of β-amino-alcohol motifs (C(OH)–C–C–N with tert-alkyl or cyclic N) is 1. The summed E-state index contributed by atoms with van der Waals surface area (Å²) in [6.45, 7) is 4.56. The van der Waals surface area contributed by atoms with Gasteiger partial charge in [0.25, 0.3) is 0 Å². The third-order valence-corrected chi connectivity index (χ3v) is 5.33. The van der Waals surface area contributed by atoms with Crippen LogP contribution in [-0.4, -0.2) is 40.2 Å². The average molecular weight is 469 g/mol. The van der Waals surface area contributed by atoms with Crippen LogP contribution in [-0.2, 0) is 11.0 Å². The van der Waals surface area contributed by atoms with Gasteiger partial charge in [0.15, 0.2) is 5.82 Å². The van der Waals surface area contributed by atoms with Crippen LogP contribution in [0.25, 0.3) is 11.4 Å². The number of nitrogens with one attached hydrogen (secondary N) is 2. The molecule has 1 amide bonds. The van der Waals surface area contributed by atoms with Gasteiger partial charge in [0, 0.05) is 41.9 Å². The van der Waals surface area contributed by atoms with Crippen LogP contribution in [0.5, 0.6) is 0 Å². The molecule has 3 aromatic rings. The van der Waals surface area contributed by atoms with Gasteiger partial charge in [0.1, 0.15) is 5.82 Å². The van der Waals surface area contributed by atoms with Crippen molar-refractivity contribution in [3.63, 3.8) is 0 Å². The first-order chi connectivity index (χ1) is 16.2. The van der Waals surface area contributed by atoms with Gasteiger partial charge >= 0.3 is 6.18 Å². The number of amides is 1. The minimum absolute atomic E-state index is 0.350. The zero-order valence-corrected chi connectivity index (χ0v) is 18.0. The molecule has 0 bridgehead atoms. The van der Waals surface area contributed by atoms with E-state index >= 15 is 0 Å². The lowest BCUT2D eigenvalue weighted by Crippen LogP contribution is -2.22. The van der Waals surface area contributed by atoms with Crippen LogP contribution in [0.2, 0.25) is 0 Å². The van der Waals surface area contributed by atoms with E-state index in [4.69, 9.17) is 0 Å². The Labute approximate surface area is 194 Å². The minimum atomic E-state index is -4.42. The topological polar surface area (TPSA) is 90.4 Å². The molecule has 1 fully saturated rings. The maximum absolute atomic E-state index is 12.9. The summed E-state index contributed by atoms with van der Waals surface area (Å²) in [7, 11) is 0. The van der Waals surface area contributed by atoms with Crippen LogP contribution >= 0.6 is 0 Å². The highest BCUT2D eigenvalue weighted by molar-refractivity contribution is 5.99. The molecule has 2 heterocycles. The molecule has 3 N–H and O–H groups in total. The van der Waals surface area contributed by atoms with Gasteiger partial charge < -0.3 is 20.6 Å². The Hall–Kier alpha value is -3.92. The van der Waals surface area contributed by atoms with E-state index < -0.39 is 23.8 Å². The van der Waals surface area contributed by atoms with Gasteiger partial charge in [-0.15, -0.1) is 0 Å². The Kier molecular flexibility index (Phi) is 6.51. The molecule has 1 unspecified atom stereocenters. The molecule has 1 aromatic heterocycles. The van der Waals surface area contributed by atoms with Crippen LogP contribution in [0.4, 0.5) is 36.1 Å². The second-order valence-corrected chi connectivity index (χ2v) is 7.78. The fourth-order valence-electron chi connectivity index (χ4n) is 3.61. The Morgan fingerprint density at radius 1 is 1.15 bits per heavy atom. The van der Waals surface area contributed by atoms with Crippen molar-refractivity contribution in [1.82, 2.24) is 9.97 Å². The number of carbonyl (C=O) groups excluding carboxylic acids is 1. The predicted octanol–water partition coefficient (Wildman–Crippen LogP) is 4.60. The molecule has 2 aromatic carbocycles. The maximum atomic E-state index is 12.9. The van der Waals surface area contributed by atoms with E-state index in [1.54, 1.807) is 30.5 Å². The third-order valence-electron chi connectivity index (χ3n) is 5.33. The van der Waals surface area contributed by atoms with Crippen molar-refractivity contribution in [3.8, 4) is 11.4 Å². The van der Waals surface area contributed by atoms with E-state index in [2.05, 4.69) is 27.2 Å². The van der Waals surface area contributed by atoms with Crippen LogP contribution in [0, 0.1) is 0 Å². The standard InChI is InChI=1S/C24H22F3N5O2/c1-2-22(34)30-17-7-8-20(29-16-5-3-15(4-6-16)24(25,26)27)19(13-17)23-28-11-9-21(31-23)32-12-10-18(33)14-32/h2-9,11,13,18,29,33H,1,10,12,14H2,(H,30,34). The second kappa shape index (κ2) is 9.52. The predicted molar refractivity (Wildman–Crippen MR) is 124 cm³/mol. The quantitative estimate of drug-likeness (QED) is 0.457. The van der Waals surface area contributed by atoms with Gasteiger partial charge in [-0.25, -0.2) is 9.97 Å². The van der Waals surface area contributed by atoms with E-state index in [1.165, 1.54) is 12.1 Å². The molecule has 0 saturated carbocycles. The number of aliphatic hydroxyl groups is 1. The van der Waals surface area contributed by atoms with Gasteiger partial charge in [-0.2, -0.15) is 13.2 Å². The number of benzene rings is 2. The van der Waals surface area contributed by atoms with Crippen molar-refractivity contribution in [3.05, 3.63) is 72.9 Å². The first kappa shape index (κ1) is 23.2. The number of rotatable bonds is 6. The number of carbonyl (C=O) groups is 1. The number of hydrogen-bond acceptors (Lipinski definition) is 6. The summed E-state index contributed by atoms with van der Waals surface area (Å²) in [4.78, 5) is 22.7. The maximum Gasteiger partial charge on any atom is 0.416 e. The number of alkyl halides is 3. The minimum Gasteiger partial charge on any atom is -0.391 e. The highest BCUT2D eigenvalue weighted by Gasteiger charge is 2.30. The number of aliphatic hydroxyl groups excluding tert-OH is 1. The van der Waals surface area contributed by atoms with Crippen molar-refractivity contribution in [2.45, 2.75) is 18.7 Å². The summed E-state index contributed by atoms with van der Waals surface area (Å²) in [5.74, 6) is 0.598. The summed E-state index contributed by atoms with van der Waals surface area (Å²) in [6, 6.07) is 11.4. The largest absolute Gasteiger partial charge is 0.416 e. The van der Waals surface area contributed by atoms with Crippen LogP contribution in [0.1, 0.15) is 12.0 Å². The molecular formula is C24H22F3N5O2. The normalized spacial score (nSPS) is 15.8. The molecule has 4 rings (SSSR count). The summed E-state index contributed by atoms with van der Waals surface area (Å²) in [5, 5.41) is 15.6. The molecule has 1 atom stereocenters. The molecule has 1 saturated heterocycles. The lowest BCUT2D eigenvalue weighted by molar-refractivity contribution is -0.137. The van der Waals surface area contributed by atoms with Crippen molar-refractivity contribution in [1.29, 1.82) is 0 Å². The molecule has 34 heavy (non-hydrogen) atoms. The molecule has 10 heteroatoms. The zero-order valence-electron chi connectivity index (χ0n) is 18.0. The van der Waals surface area contributed by atoms with Gasteiger partial charge in [-0.3, -0.25) is 4.79 Å². The molecule has 0 radical (unpaired) electrons. The van der Waals surface area contributed by atoms with Crippen molar-refractivity contribution in [2.24, 2.45) is 0 Å². The highest BCUT2D eigenvalue weighted by atomic mass is 19.4. The third kappa shape index (κ3) is 5.34. The Balaban J connectivity index is 1.70. The molecule has 7 nitrogen and oxygen atoms in total. The fourth-order valence-corrected chi connectivity index (χ4v) is 3.61. The second-order valence-electron chi connectivity index (χ2n) is 7.78. The van der Waals surface area contributed by atoms with Gasteiger partial charge in [-0.1, -0.05) is 6.58 Å². The van der Waals surface area contributed by atoms with E-state index in [0.717, 1.165) is 18.2 Å². The molecule has 0 spiro atoms. The highest BCUT2D eigenvalue weighted by Crippen LogP contribution is 2.34. The summed E-state index contributed by atoms with van der Waals surface area (Å²) >= 11 is 0. The Morgan fingerprint density at radius 3 is 2.53 bits per heavy atom. The SMILES string of the molecule is C=CC(=O)Nc1ccc(Nc2ccc(C(F)(F)F)cc2)c(-c2nccc(N3CCC(O)C3)n2)c1. The first-order valence-electron chi connectivity index (χ1n) is 10.5. The number of aromatic nitrogens is 2. The van der Waals surface area contributed by atoms with E-state index in [1.807, 2.05) is 4.90 Å². The van der Waals surface area contributed by atoms with Crippen molar-refractivity contribution < 1.29 is 23.1 Å². The Morgan fingerprint density at radius 2 is 1.88 bits per heavy atom. The average Bonchev–Trinajstić information content (AvgIpc) is 3.26. The Bertz CT molecular complexity index is 1200. The van der Waals surface area contributed by atoms with E-state index in [-0.39, 0.29) is 0 Å². The van der Waals surface area contributed by atoms with E-state index in [9.17, 15) is 23.1 Å².